The monoisotopic (exact) mass is 352 g/mol. The van der Waals surface area contributed by atoms with Gasteiger partial charge in [0.15, 0.2) is 0 Å². The smallest absolute Gasteiger partial charge is 0.270 e. The number of carbonyl (C=O) groups is 1. The predicted octanol–water partition coefficient (Wildman–Crippen LogP) is 1.10. The number of anilines is 1. The first-order chi connectivity index (χ1) is 12.6. The van der Waals surface area contributed by atoms with Gasteiger partial charge in [-0.15, -0.1) is 0 Å². The number of hydrogen-bond donors (Lipinski definition) is 1. The minimum absolute atomic E-state index is 0.0812. The van der Waals surface area contributed by atoms with Crippen molar-refractivity contribution < 1.29 is 4.79 Å². The van der Waals surface area contributed by atoms with Crippen LogP contribution in [0.4, 0.5) is 5.82 Å². The van der Waals surface area contributed by atoms with Gasteiger partial charge in [0.25, 0.3) is 5.91 Å². The summed E-state index contributed by atoms with van der Waals surface area (Å²) in [4.78, 5) is 30.4. The van der Waals surface area contributed by atoms with E-state index in [0.717, 1.165) is 56.2 Å². The summed E-state index contributed by atoms with van der Waals surface area (Å²) >= 11 is 0. The van der Waals surface area contributed by atoms with Crippen LogP contribution >= 0.6 is 0 Å². The number of nitrogens with zero attached hydrogens (tertiary/aromatic N) is 5. The Morgan fingerprint density at radius 2 is 1.96 bits per heavy atom. The van der Waals surface area contributed by atoms with Gasteiger partial charge in [0.1, 0.15) is 17.3 Å². The SMILES string of the molecule is Cc1nc2c(c(N3CCN(Cc4ncccc4C)CC3)n1)CCNC2=O. The topological polar surface area (TPSA) is 74.2 Å². The van der Waals surface area contributed by atoms with Crippen LogP contribution in [-0.2, 0) is 13.0 Å². The molecule has 26 heavy (non-hydrogen) atoms. The molecule has 0 aliphatic carbocycles. The van der Waals surface area contributed by atoms with Crippen molar-refractivity contribution in [1.29, 1.82) is 0 Å². The van der Waals surface area contributed by atoms with Crippen molar-refractivity contribution in [2.45, 2.75) is 26.8 Å². The minimum atomic E-state index is -0.0812. The van der Waals surface area contributed by atoms with Gasteiger partial charge >= 0.3 is 0 Å². The summed E-state index contributed by atoms with van der Waals surface area (Å²) in [6.45, 7) is 9.21. The van der Waals surface area contributed by atoms with Crippen molar-refractivity contribution in [2.24, 2.45) is 0 Å². The van der Waals surface area contributed by atoms with Crippen LogP contribution in [0.3, 0.4) is 0 Å². The van der Waals surface area contributed by atoms with Gasteiger partial charge in [0, 0.05) is 51.0 Å². The van der Waals surface area contributed by atoms with Gasteiger partial charge in [-0.05, 0) is 31.9 Å². The first kappa shape index (κ1) is 16.9. The fourth-order valence-corrected chi connectivity index (χ4v) is 3.66. The average molecular weight is 352 g/mol. The Hall–Kier alpha value is -2.54. The van der Waals surface area contributed by atoms with Crippen molar-refractivity contribution in [2.75, 3.05) is 37.6 Å². The lowest BCUT2D eigenvalue weighted by atomic mass is 10.1. The Morgan fingerprint density at radius 3 is 2.73 bits per heavy atom. The molecule has 0 saturated carbocycles. The number of piperazine rings is 1. The first-order valence-corrected chi connectivity index (χ1v) is 9.15. The van der Waals surface area contributed by atoms with Gasteiger partial charge in [-0.1, -0.05) is 6.07 Å². The Morgan fingerprint density at radius 1 is 1.15 bits per heavy atom. The van der Waals surface area contributed by atoms with Gasteiger partial charge in [-0.3, -0.25) is 14.7 Å². The molecule has 7 heteroatoms. The number of fused-ring (bicyclic) bond motifs is 1. The molecule has 136 valence electrons. The van der Waals surface area contributed by atoms with E-state index in [9.17, 15) is 4.79 Å². The van der Waals surface area contributed by atoms with E-state index in [1.54, 1.807) is 0 Å². The number of nitrogens with one attached hydrogen (secondary N) is 1. The molecule has 1 fully saturated rings. The van der Waals surface area contributed by atoms with Gasteiger partial charge < -0.3 is 10.2 Å². The number of amides is 1. The van der Waals surface area contributed by atoms with Gasteiger partial charge in [0.2, 0.25) is 0 Å². The number of rotatable bonds is 3. The number of aromatic nitrogens is 3. The van der Waals surface area contributed by atoms with Crippen molar-refractivity contribution in [1.82, 2.24) is 25.2 Å². The molecule has 2 aromatic heterocycles. The van der Waals surface area contributed by atoms with E-state index < -0.39 is 0 Å². The highest BCUT2D eigenvalue weighted by Crippen LogP contribution is 2.25. The second kappa shape index (κ2) is 6.99. The molecule has 0 spiro atoms. The lowest BCUT2D eigenvalue weighted by Gasteiger charge is -2.37. The van der Waals surface area contributed by atoms with Gasteiger partial charge in [-0.25, -0.2) is 9.97 Å². The molecule has 1 saturated heterocycles. The summed E-state index contributed by atoms with van der Waals surface area (Å²) in [5.74, 6) is 1.51. The van der Waals surface area contributed by atoms with Crippen LogP contribution in [0.1, 0.15) is 33.1 Å². The molecule has 0 unspecified atom stereocenters. The van der Waals surface area contributed by atoms with E-state index in [1.165, 1.54) is 5.56 Å². The van der Waals surface area contributed by atoms with E-state index in [0.29, 0.717) is 18.1 Å². The maximum Gasteiger partial charge on any atom is 0.270 e. The molecule has 1 amide bonds. The summed E-state index contributed by atoms with van der Waals surface area (Å²) in [5.41, 5.74) is 3.92. The summed E-state index contributed by atoms with van der Waals surface area (Å²) in [5, 5.41) is 2.87. The lowest BCUT2D eigenvalue weighted by molar-refractivity contribution is 0.0940. The van der Waals surface area contributed by atoms with E-state index in [-0.39, 0.29) is 5.91 Å². The zero-order chi connectivity index (χ0) is 18.1. The van der Waals surface area contributed by atoms with Crippen LogP contribution in [0.2, 0.25) is 0 Å². The van der Waals surface area contributed by atoms with Crippen LogP contribution in [0, 0.1) is 13.8 Å². The molecule has 7 nitrogen and oxygen atoms in total. The van der Waals surface area contributed by atoms with Crippen molar-refractivity contribution in [3.63, 3.8) is 0 Å². The van der Waals surface area contributed by atoms with E-state index in [1.807, 2.05) is 19.2 Å². The molecular weight excluding hydrogens is 328 g/mol. The van der Waals surface area contributed by atoms with E-state index in [4.69, 9.17) is 0 Å². The normalized spacial score (nSPS) is 17.8. The first-order valence-electron chi connectivity index (χ1n) is 9.15. The van der Waals surface area contributed by atoms with Gasteiger partial charge in [0.05, 0.1) is 5.69 Å². The highest BCUT2D eigenvalue weighted by Gasteiger charge is 2.27. The van der Waals surface area contributed by atoms with Crippen LogP contribution in [0.5, 0.6) is 0 Å². The Labute approximate surface area is 153 Å². The molecule has 2 aliphatic rings. The zero-order valence-electron chi connectivity index (χ0n) is 15.3. The largest absolute Gasteiger partial charge is 0.354 e. The van der Waals surface area contributed by atoms with E-state index >= 15 is 0 Å². The standard InChI is InChI=1S/C19H24N6O/c1-13-4-3-6-20-16(13)12-24-8-10-25(11-9-24)18-15-5-7-21-19(26)17(15)22-14(2)23-18/h3-4,6H,5,7-12H2,1-2H3,(H,21,26). The van der Waals surface area contributed by atoms with Crippen molar-refractivity contribution >= 4 is 11.7 Å². The quantitative estimate of drug-likeness (QED) is 0.892. The van der Waals surface area contributed by atoms with Gasteiger partial charge in [-0.2, -0.15) is 0 Å². The number of pyridine rings is 1. The fourth-order valence-electron chi connectivity index (χ4n) is 3.66. The van der Waals surface area contributed by atoms with Crippen LogP contribution in [0.25, 0.3) is 0 Å². The Kier molecular flexibility index (Phi) is 4.55. The molecule has 4 rings (SSSR count). The second-order valence-corrected chi connectivity index (χ2v) is 6.96. The Balaban J connectivity index is 1.49. The summed E-state index contributed by atoms with van der Waals surface area (Å²) in [6, 6.07) is 4.09. The van der Waals surface area contributed by atoms with Crippen LogP contribution in [-0.4, -0.2) is 58.5 Å². The maximum atomic E-state index is 12.1. The highest BCUT2D eigenvalue weighted by atomic mass is 16.1. The maximum absolute atomic E-state index is 12.1. The third-order valence-electron chi connectivity index (χ3n) is 5.14. The molecule has 0 aromatic carbocycles. The molecular formula is C19H24N6O. The predicted molar refractivity (Wildman–Crippen MR) is 99.3 cm³/mol. The second-order valence-electron chi connectivity index (χ2n) is 6.96. The minimum Gasteiger partial charge on any atom is -0.354 e. The molecule has 2 aliphatic heterocycles. The fraction of sp³-hybridized carbons (Fsp3) is 0.474. The van der Waals surface area contributed by atoms with E-state index in [2.05, 4.69) is 43.1 Å². The number of hydrogen-bond acceptors (Lipinski definition) is 6. The van der Waals surface area contributed by atoms with Crippen molar-refractivity contribution in [3.8, 4) is 0 Å². The van der Waals surface area contributed by atoms with Crippen LogP contribution in [0.15, 0.2) is 18.3 Å². The number of carbonyl (C=O) groups excluding carboxylic acids is 1. The molecule has 0 bridgehead atoms. The van der Waals surface area contributed by atoms with Crippen molar-refractivity contribution in [3.05, 3.63) is 46.7 Å². The molecule has 0 radical (unpaired) electrons. The molecule has 4 heterocycles. The molecule has 2 aromatic rings. The molecule has 1 N–H and O–H groups in total. The zero-order valence-corrected chi connectivity index (χ0v) is 15.3. The average Bonchev–Trinajstić information content (AvgIpc) is 2.64. The third-order valence-corrected chi connectivity index (χ3v) is 5.14. The summed E-state index contributed by atoms with van der Waals surface area (Å²) < 4.78 is 0. The summed E-state index contributed by atoms with van der Waals surface area (Å²) in [6.07, 6.45) is 2.66. The molecule has 0 atom stereocenters. The summed E-state index contributed by atoms with van der Waals surface area (Å²) in [7, 11) is 0. The number of aryl methyl sites for hydroxylation is 2. The Bertz CT molecular complexity index is 829. The third kappa shape index (κ3) is 3.26. The van der Waals surface area contributed by atoms with Crippen LogP contribution < -0.4 is 10.2 Å². The highest BCUT2D eigenvalue weighted by molar-refractivity contribution is 5.96. The lowest BCUT2D eigenvalue weighted by Crippen LogP contribution is -2.47.